The summed E-state index contributed by atoms with van der Waals surface area (Å²) in [5.74, 6) is -0.211. The van der Waals surface area contributed by atoms with Gasteiger partial charge in [0.15, 0.2) is 0 Å². The number of nitrogens with one attached hydrogen (secondary N) is 1. The maximum atomic E-state index is 11.7. The van der Waals surface area contributed by atoms with Gasteiger partial charge in [-0.05, 0) is 35.2 Å². The van der Waals surface area contributed by atoms with Crippen LogP contribution in [0.25, 0.3) is 6.08 Å². The molecule has 1 aromatic carbocycles. The highest BCUT2D eigenvalue weighted by Crippen LogP contribution is 2.17. The molecule has 0 aliphatic rings. The van der Waals surface area contributed by atoms with Gasteiger partial charge < -0.3 is 15.3 Å². The first kappa shape index (κ1) is 16.3. The molecule has 4 nitrogen and oxygen atoms in total. The van der Waals surface area contributed by atoms with E-state index in [1.54, 1.807) is 17.4 Å². The second-order valence-electron chi connectivity index (χ2n) is 5.10. The molecule has 0 saturated heterocycles. The van der Waals surface area contributed by atoms with Gasteiger partial charge in [0.2, 0.25) is 5.91 Å². The van der Waals surface area contributed by atoms with E-state index in [4.69, 9.17) is 0 Å². The number of aliphatic hydroxyl groups is 1. The van der Waals surface area contributed by atoms with E-state index in [1.807, 2.05) is 60.8 Å². The average Bonchev–Trinajstić information content (AvgIpc) is 3.04. The van der Waals surface area contributed by atoms with Gasteiger partial charge in [-0.2, -0.15) is 0 Å². The minimum Gasteiger partial charge on any atom is -0.387 e. The van der Waals surface area contributed by atoms with Crippen molar-refractivity contribution in [3.05, 3.63) is 58.3 Å². The Kier molecular flexibility index (Phi) is 5.75. The van der Waals surface area contributed by atoms with E-state index in [9.17, 15) is 9.90 Å². The fraction of sp³-hybridized carbons (Fsp3) is 0.235. The second kappa shape index (κ2) is 7.77. The number of thiophene rings is 1. The summed E-state index contributed by atoms with van der Waals surface area (Å²) in [5.41, 5.74) is 1.85. The molecule has 1 amide bonds. The highest BCUT2D eigenvalue weighted by Gasteiger charge is 2.08. The van der Waals surface area contributed by atoms with E-state index in [0.29, 0.717) is 0 Å². The fourth-order valence-corrected chi connectivity index (χ4v) is 2.53. The van der Waals surface area contributed by atoms with Crippen LogP contribution in [-0.4, -0.2) is 31.7 Å². The maximum absolute atomic E-state index is 11.7. The highest BCUT2D eigenvalue weighted by atomic mass is 32.1. The van der Waals surface area contributed by atoms with E-state index >= 15 is 0 Å². The van der Waals surface area contributed by atoms with Crippen LogP contribution in [0.3, 0.4) is 0 Å². The molecule has 2 rings (SSSR count). The first-order valence-electron chi connectivity index (χ1n) is 7.01. The molecule has 1 atom stereocenters. The Morgan fingerprint density at radius 2 is 2.05 bits per heavy atom. The number of anilines is 1. The van der Waals surface area contributed by atoms with Gasteiger partial charge in [-0.1, -0.05) is 18.2 Å². The number of carbonyl (C=O) groups is 1. The maximum Gasteiger partial charge on any atom is 0.244 e. The van der Waals surface area contributed by atoms with Crippen LogP contribution in [0.5, 0.6) is 0 Å². The number of amides is 1. The lowest BCUT2D eigenvalue weighted by Crippen LogP contribution is -2.26. The van der Waals surface area contributed by atoms with Gasteiger partial charge in [0.25, 0.3) is 0 Å². The average molecular weight is 316 g/mol. The van der Waals surface area contributed by atoms with Crippen molar-refractivity contribution in [3.8, 4) is 0 Å². The summed E-state index contributed by atoms with van der Waals surface area (Å²) < 4.78 is 0. The second-order valence-corrected chi connectivity index (χ2v) is 6.07. The van der Waals surface area contributed by atoms with E-state index in [-0.39, 0.29) is 12.5 Å². The van der Waals surface area contributed by atoms with E-state index in [0.717, 1.165) is 16.1 Å². The minimum atomic E-state index is -0.713. The SMILES string of the molecule is CN(C)c1ccc([C@H](O)CNC(=O)/C=C/c2cccs2)cc1. The topological polar surface area (TPSA) is 52.6 Å². The molecule has 2 N–H and O–H groups in total. The quantitative estimate of drug-likeness (QED) is 0.806. The molecule has 5 heteroatoms. The van der Waals surface area contributed by atoms with Crippen LogP contribution in [0.1, 0.15) is 16.5 Å². The summed E-state index contributed by atoms with van der Waals surface area (Å²) in [4.78, 5) is 14.7. The number of nitrogens with zero attached hydrogens (tertiary/aromatic N) is 1. The molecule has 0 bridgehead atoms. The van der Waals surface area contributed by atoms with Crippen LogP contribution in [0.15, 0.2) is 47.9 Å². The van der Waals surface area contributed by atoms with Crippen LogP contribution >= 0.6 is 11.3 Å². The summed E-state index contributed by atoms with van der Waals surface area (Å²) in [5, 5.41) is 14.8. The summed E-state index contributed by atoms with van der Waals surface area (Å²) in [6.45, 7) is 0.189. The Labute approximate surface area is 134 Å². The Morgan fingerprint density at radius 3 is 2.64 bits per heavy atom. The molecule has 116 valence electrons. The van der Waals surface area contributed by atoms with Crippen molar-refractivity contribution in [2.45, 2.75) is 6.10 Å². The molecule has 22 heavy (non-hydrogen) atoms. The molecule has 0 fully saturated rings. The number of carbonyl (C=O) groups excluding carboxylic acids is 1. The number of benzene rings is 1. The highest BCUT2D eigenvalue weighted by molar-refractivity contribution is 7.10. The monoisotopic (exact) mass is 316 g/mol. The van der Waals surface area contributed by atoms with Gasteiger partial charge in [0, 0.05) is 37.3 Å². The van der Waals surface area contributed by atoms with Crippen LogP contribution in [0.2, 0.25) is 0 Å². The lowest BCUT2D eigenvalue weighted by atomic mass is 10.1. The van der Waals surface area contributed by atoms with Crippen molar-refractivity contribution in [1.29, 1.82) is 0 Å². The van der Waals surface area contributed by atoms with Gasteiger partial charge in [0.1, 0.15) is 0 Å². The molecule has 0 spiro atoms. The van der Waals surface area contributed by atoms with Gasteiger partial charge in [-0.25, -0.2) is 0 Å². The lowest BCUT2D eigenvalue weighted by Gasteiger charge is -2.15. The van der Waals surface area contributed by atoms with Gasteiger partial charge in [-0.3, -0.25) is 4.79 Å². The van der Waals surface area contributed by atoms with E-state index in [1.165, 1.54) is 6.08 Å². The molecule has 0 aliphatic heterocycles. The van der Waals surface area contributed by atoms with Crippen molar-refractivity contribution < 1.29 is 9.90 Å². The Morgan fingerprint density at radius 1 is 1.32 bits per heavy atom. The van der Waals surface area contributed by atoms with Crippen molar-refractivity contribution >= 4 is 29.0 Å². The largest absolute Gasteiger partial charge is 0.387 e. The molecule has 1 aromatic heterocycles. The van der Waals surface area contributed by atoms with Crippen LogP contribution in [0.4, 0.5) is 5.69 Å². The Bertz CT molecular complexity index is 619. The number of hydrogen-bond donors (Lipinski definition) is 2. The smallest absolute Gasteiger partial charge is 0.244 e. The van der Waals surface area contributed by atoms with Crippen LogP contribution in [-0.2, 0) is 4.79 Å². The standard InChI is InChI=1S/C17H20N2O2S/c1-19(2)14-7-5-13(6-8-14)16(20)12-18-17(21)10-9-15-4-3-11-22-15/h3-11,16,20H,12H2,1-2H3,(H,18,21)/b10-9+/t16-/m1/s1. The Hall–Kier alpha value is -2.11. The van der Waals surface area contributed by atoms with Gasteiger partial charge in [-0.15, -0.1) is 11.3 Å². The third-order valence-corrected chi connectivity index (χ3v) is 4.04. The first-order chi connectivity index (χ1) is 10.6. The molecule has 1 heterocycles. The van der Waals surface area contributed by atoms with Crippen molar-refractivity contribution in [2.24, 2.45) is 0 Å². The number of aliphatic hydroxyl groups excluding tert-OH is 1. The molecular formula is C17H20N2O2S. The summed E-state index contributed by atoms with van der Waals surface area (Å²) in [7, 11) is 3.93. The lowest BCUT2D eigenvalue weighted by molar-refractivity contribution is -0.116. The predicted molar refractivity (Wildman–Crippen MR) is 92.1 cm³/mol. The third kappa shape index (κ3) is 4.72. The Balaban J connectivity index is 1.84. The zero-order valence-electron chi connectivity index (χ0n) is 12.7. The van der Waals surface area contributed by atoms with Gasteiger partial charge in [0.05, 0.1) is 6.10 Å². The van der Waals surface area contributed by atoms with Crippen LogP contribution in [0, 0.1) is 0 Å². The molecule has 0 aliphatic carbocycles. The van der Waals surface area contributed by atoms with Crippen molar-refractivity contribution in [3.63, 3.8) is 0 Å². The molecule has 2 aromatic rings. The molecule has 0 saturated carbocycles. The van der Waals surface area contributed by atoms with Crippen molar-refractivity contribution in [1.82, 2.24) is 5.32 Å². The van der Waals surface area contributed by atoms with Crippen LogP contribution < -0.4 is 10.2 Å². The fourth-order valence-electron chi connectivity index (χ4n) is 1.91. The van der Waals surface area contributed by atoms with E-state index < -0.39 is 6.10 Å². The third-order valence-electron chi connectivity index (χ3n) is 3.21. The number of hydrogen-bond acceptors (Lipinski definition) is 4. The molecule has 0 radical (unpaired) electrons. The summed E-state index contributed by atoms with van der Waals surface area (Å²) >= 11 is 1.57. The van der Waals surface area contributed by atoms with Crippen molar-refractivity contribution in [2.75, 3.05) is 25.5 Å². The van der Waals surface area contributed by atoms with E-state index in [2.05, 4.69) is 5.32 Å². The summed E-state index contributed by atoms with van der Waals surface area (Å²) in [6.07, 6.45) is 2.53. The zero-order valence-corrected chi connectivity index (χ0v) is 13.5. The minimum absolute atomic E-state index is 0.189. The molecule has 0 unspecified atom stereocenters. The zero-order chi connectivity index (χ0) is 15.9. The predicted octanol–water partition coefficient (Wildman–Crippen LogP) is 2.68. The number of rotatable bonds is 6. The molecular weight excluding hydrogens is 296 g/mol. The van der Waals surface area contributed by atoms with Gasteiger partial charge >= 0.3 is 0 Å². The summed E-state index contributed by atoms with van der Waals surface area (Å²) in [6, 6.07) is 11.5. The normalized spacial score (nSPS) is 12.3. The first-order valence-corrected chi connectivity index (χ1v) is 7.89.